The quantitative estimate of drug-likeness (QED) is 0.697. The second-order valence-corrected chi connectivity index (χ2v) is 7.89. The normalized spacial score (nSPS) is 16.4. The highest BCUT2D eigenvalue weighted by Gasteiger charge is 2.53. The fraction of sp³-hybridized carbons (Fsp3) is 0.333. The molecule has 1 aliphatic carbocycles. The Morgan fingerprint density at radius 3 is 2.76 bits per heavy atom. The van der Waals surface area contributed by atoms with Crippen LogP contribution >= 0.6 is 0 Å². The molecule has 0 saturated heterocycles. The van der Waals surface area contributed by atoms with Crippen molar-refractivity contribution < 1.29 is 9.18 Å². The molecule has 1 amide bonds. The Morgan fingerprint density at radius 2 is 2.00 bits per heavy atom. The molecule has 0 atom stereocenters. The van der Waals surface area contributed by atoms with Crippen LogP contribution < -0.4 is 10.6 Å². The molecule has 148 valence electrons. The minimum atomic E-state index is -0.244. The Morgan fingerprint density at radius 1 is 1.21 bits per heavy atom. The standard InChI is InChI=1S/C21H21FN6O/c1-13-18-17(8-21(6-7-21)19(29)27-18)26-20(25-13)23-9-15-10-24-28(12-15)11-14-2-4-16(22)5-3-14/h2-5,10,12H,6-9,11H2,1H3,(H,27,29)(H,23,25,26). The number of fused-ring (bicyclic) bond motifs is 1. The van der Waals surface area contributed by atoms with Gasteiger partial charge >= 0.3 is 0 Å². The van der Waals surface area contributed by atoms with Gasteiger partial charge < -0.3 is 10.6 Å². The predicted octanol–water partition coefficient (Wildman–Crippen LogP) is 3.06. The van der Waals surface area contributed by atoms with Crippen molar-refractivity contribution in [2.75, 3.05) is 10.6 Å². The van der Waals surface area contributed by atoms with Crippen LogP contribution in [0.1, 0.15) is 35.4 Å². The van der Waals surface area contributed by atoms with Gasteiger partial charge in [0.05, 0.1) is 35.2 Å². The van der Waals surface area contributed by atoms with E-state index in [2.05, 4.69) is 25.7 Å². The van der Waals surface area contributed by atoms with E-state index < -0.39 is 0 Å². The van der Waals surface area contributed by atoms with Crippen molar-refractivity contribution in [2.24, 2.45) is 5.41 Å². The molecule has 1 aromatic carbocycles. The molecule has 3 aromatic rings. The number of carbonyl (C=O) groups is 1. The van der Waals surface area contributed by atoms with Gasteiger partial charge in [0.1, 0.15) is 5.82 Å². The zero-order valence-corrected chi connectivity index (χ0v) is 16.1. The van der Waals surface area contributed by atoms with E-state index >= 15 is 0 Å². The molecule has 7 nitrogen and oxygen atoms in total. The molecule has 1 fully saturated rings. The Bertz CT molecular complexity index is 1090. The summed E-state index contributed by atoms with van der Waals surface area (Å²) in [4.78, 5) is 21.4. The van der Waals surface area contributed by atoms with Crippen molar-refractivity contribution in [3.63, 3.8) is 0 Å². The van der Waals surface area contributed by atoms with Gasteiger partial charge in [0.15, 0.2) is 0 Å². The molecule has 2 aliphatic rings. The molecule has 1 aliphatic heterocycles. The number of aromatic nitrogens is 4. The number of hydrogen-bond acceptors (Lipinski definition) is 5. The lowest BCUT2D eigenvalue weighted by atomic mass is 9.93. The summed E-state index contributed by atoms with van der Waals surface area (Å²) < 4.78 is 14.8. The van der Waals surface area contributed by atoms with E-state index in [4.69, 9.17) is 0 Å². The number of nitrogens with one attached hydrogen (secondary N) is 2. The van der Waals surface area contributed by atoms with Gasteiger partial charge in [0, 0.05) is 24.7 Å². The van der Waals surface area contributed by atoms with Gasteiger partial charge in [-0.15, -0.1) is 0 Å². The first kappa shape index (κ1) is 17.8. The van der Waals surface area contributed by atoms with E-state index in [0.717, 1.165) is 41.0 Å². The molecular formula is C21H21FN6O. The van der Waals surface area contributed by atoms with Gasteiger partial charge in [-0.1, -0.05) is 12.1 Å². The maximum atomic E-state index is 13.0. The highest BCUT2D eigenvalue weighted by Crippen LogP contribution is 2.52. The fourth-order valence-electron chi connectivity index (χ4n) is 3.75. The summed E-state index contributed by atoms with van der Waals surface area (Å²) in [6, 6.07) is 6.41. The topological polar surface area (TPSA) is 84.7 Å². The van der Waals surface area contributed by atoms with Crippen LogP contribution in [0.15, 0.2) is 36.7 Å². The number of rotatable bonds is 5. The third kappa shape index (κ3) is 3.46. The Labute approximate surface area is 167 Å². The second kappa shape index (κ2) is 6.65. The number of anilines is 2. The Kier molecular flexibility index (Phi) is 4.08. The molecule has 2 aromatic heterocycles. The van der Waals surface area contributed by atoms with Crippen LogP contribution in [0.4, 0.5) is 16.0 Å². The maximum Gasteiger partial charge on any atom is 0.231 e. The summed E-state index contributed by atoms with van der Waals surface area (Å²) in [7, 11) is 0. The molecule has 2 N–H and O–H groups in total. The van der Waals surface area contributed by atoms with Crippen molar-refractivity contribution in [3.8, 4) is 0 Å². The van der Waals surface area contributed by atoms with Crippen LogP contribution in [-0.2, 0) is 24.3 Å². The summed E-state index contributed by atoms with van der Waals surface area (Å²) >= 11 is 0. The van der Waals surface area contributed by atoms with Gasteiger partial charge in [0.25, 0.3) is 0 Å². The number of amides is 1. The molecule has 29 heavy (non-hydrogen) atoms. The maximum absolute atomic E-state index is 13.0. The van der Waals surface area contributed by atoms with Crippen LogP contribution in [0.5, 0.6) is 0 Å². The summed E-state index contributed by atoms with van der Waals surface area (Å²) in [6.45, 7) is 3.01. The predicted molar refractivity (Wildman–Crippen MR) is 106 cm³/mol. The SMILES string of the molecule is Cc1nc(NCc2cnn(Cc3ccc(F)cc3)c2)nc2c1NC(=O)C1(CC1)C2. The molecule has 3 heterocycles. The third-order valence-corrected chi connectivity index (χ3v) is 5.64. The first-order valence-electron chi connectivity index (χ1n) is 9.69. The van der Waals surface area contributed by atoms with Gasteiger partial charge in [-0.3, -0.25) is 9.48 Å². The summed E-state index contributed by atoms with van der Waals surface area (Å²) in [5.74, 6) is 0.414. The minimum Gasteiger partial charge on any atom is -0.350 e. The lowest BCUT2D eigenvalue weighted by Gasteiger charge is -2.24. The highest BCUT2D eigenvalue weighted by atomic mass is 19.1. The van der Waals surface area contributed by atoms with E-state index in [1.807, 2.05) is 17.8 Å². The number of aryl methyl sites for hydroxylation is 1. The molecule has 1 saturated carbocycles. The molecular weight excluding hydrogens is 371 g/mol. The van der Waals surface area contributed by atoms with Crippen LogP contribution in [0.3, 0.4) is 0 Å². The van der Waals surface area contributed by atoms with E-state index in [1.54, 1.807) is 18.3 Å². The first-order chi connectivity index (χ1) is 14.0. The van der Waals surface area contributed by atoms with Crippen molar-refractivity contribution in [2.45, 2.75) is 39.3 Å². The third-order valence-electron chi connectivity index (χ3n) is 5.64. The second-order valence-electron chi connectivity index (χ2n) is 7.89. The van der Waals surface area contributed by atoms with Crippen LogP contribution in [0, 0.1) is 18.2 Å². The van der Waals surface area contributed by atoms with Crippen molar-refractivity contribution >= 4 is 17.5 Å². The smallest absolute Gasteiger partial charge is 0.231 e. The van der Waals surface area contributed by atoms with E-state index in [-0.39, 0.29) is 17.1 Å². The first-order valence-corrected chi connectivity index (χ1v) is 9.69. The molecule has 0 bridgehead atoms. The number of benzene rings is 1. The van der Waals surface area contributed by atoms with Crippen LogP contribution in [0.2, 0.25) is 0 Å². The van der Waals surface area contributed by atoms with Gasteiger partial charge in [-0.25, -0.2) is 14.4 Å². The van der Waals surface area contributed by atoms with Crippen LogP contribution in [-0.4, -0.2) is 25.7 Å². The number of hydrogen-bond donors (Lipinski definition) is 2. The molecule has 0 unspecified atom stereocenters. The van der Waals surface area contributed by atoms with E-state index in [0.29, 0.717) is 25.5 Å². The molecule has 0 radical (unpaired) electrons. The zero-order valence-electron chi connectivity index (χ0n) is 16.1. The lowest BCUT2D eigenvalue weighted by Crippen LogP contribution is -2.33. The average molecular weight is 392 g/mol. The molecule has 1 spiro atoms. The van der Waals surface area contributed by atoms with Crippen LogP contribution in [0.25, 0.3) is 0 Å². The van der Waals surface area contributed by atoms with E-state index in [9.17, 15) is 9.18 Å². The monoisotopic (exact) mass is 392 g/mol. The highest BCUT2D eigenvalue weighted by molar-refractivity contribution is 6.00. The Hall–Kier alpha value is -3.29. The summed E-state index contributed by atoms with van der Waals surface area (Å²) in [6.07, 6.45) is 6.28. The molecule has 5 rings (SSSR count). The van der Waals surface area contributed by atoms with Gasteiger partial charge in [-0.2, -0.15) is 5.10 Å². The fourth-order valence-corrected chi connectivity index (χ4v) is 3.75. The number of halogens is 1. The Balaban J connectivity index is 1.26. The van der Waals surface area contributed by atoms with E-state index in [1.165, 1.54) is 12.1 Å². The number of nitrogens with zero attached hydrogens (tertiary/aromatic N) is 4. The number of carbonyl (C=O) groups excluding carboxylic acids is 1. The van der Waals surface area contributed by atoms with Crippen molar-refractivity contribution in [1.29, 1.82) is 0 Å². The summed E-state index contributed by atoms with van der Waals surface area (Å²) in [5, 5.41) is 10.6. The largest absolute Gasteiger partial charge is 0.350 e. The van der Waals surface area contributed by atoms with Gasteiger partial charge in [-0.05, 0) is 37.5 Å². The lowest BCUT2D eigenvalue weighted by molar-refractivity contribution is -0.121. The molecule has 8 heteroatoms. The average Bonchev–Trinajstić information content (AvgIpc) is 3.33. The van der Waals surface area contributed by atoms with Crippen molar-refractivity contribution in [1.82, 2.24) is 19.7 Å². The summed E-state index contributed by atoms with van der Waals surface area (Å²) in [5.41, 5.74) is 4.17. The zero-order chi connectivity index (χ0) is 20.0. The van der Waals surface area contributed by atoms with Crippen molar-refractivity contribution in [3.05, 3.63) is 65.0 Å². The van der Waals surface area contributed by atoms with Gasteiger partial charge in [0.2, 0.25) is 11.9 Å². The minimum absolute atomic E-state index is 0.103.